The van der Waals surface area contributed by atoms with Gasteiger partial charge in [-0.1, -0.05) is 23.8 Å². The lowest BCUT2D eigenvalue weighted by Gasteiger charge is -2.33. The maximum Gasteiger partial charge on any atom is 0.243 e. The number of aryl methyl sites for hydroxylation is 1. The van der Waals surface area contributed by atoms with Crippen LogP contribution in [-0.4, -0.2) is 57.0 Å². The van der Waals surface area contributed by atoms with Gasteiger partial charge >= 0.3 is 0 Å². The Labute approximate surface area is 154 Å². The molecule has 0 spiro atoms. The molecule has 1 aliphatic heterocycles. The van der Waals surface area contributed by atoms with Crippen molar-refractivity contribution in [3.63, 3.8) is 0 Å². The van der Waals surface area contributed by atoms with E-state index in [0.29, 0.717) is 32.8 Å². The minimum atomic E-state index is -3.64. The van der Waals surface area contributed by atoms with Gasteiger partial charge in [0.15, 0.2) is 0 Å². The standard InChI is InChI=1S/C19H23FN2O3S/c1-16-5-7-18(8-6-16)25-14-13-21-9-11-22(12-10-21)26(23,24)19-4-2-3-17(20)15-19/h2-8,15H,9-14H2,1H3. The molecular formula is C19H23FN2O3S. The Balaban J connectivity index is 1.48. The molecule has 1 saturated heterocycles. The summed E-state index contributed by atoms with van der Waals surface area (Å²) >= 11 is 0. The zero-order valence-electron chi connectivity index (χ0n) is 14.8. The predicted molar refractivity (Wildman–Crippen MR) is 98.3 cm³/mol. The highest BCUT2D eigenvalue weighted by Crippen LogP contribution is 2.18. The summed E-state index contributed by atoms with van der Waals surface area (Å²) in [5.41, 5.74) is 1.19. The Kier molecular flexibility index (Phi) is 5.90. The Morgan fingerprint density at radius 1 is 1.04 bits per heavy atom. The largest absolute Gasteiger partial charge is 0.492 e. The fourth-order valence-electron chi connectivity index (χ4n) is 2.90. The van der Waals surface area contributed by atoms with Gasteiger partial charge in [-0.3, -0.25) is 4.90 Å². The summed E-state index contributed by atoms with van der Waals surface area (Å²) < 4.78 is 45.6. The van der Waals surface area contributed by atoms with Crippen molar-refractivity contribution in [2.24, 2.45) is 0 Å². The minimum Gasteiger partial charge on any atom is -0.492 e. The summed E-state index contributed by atoms with van der Waals surface area (Å²) in [6.07, 6.45) is 0. The van der Waals surface area contributed by atoms with E-state index in [1.165, 1.54) is 28.1 Å². The van der Waals surface area contributed by atoms with Gasteiger partial charge in [-0.05, 0) is 37.3 Å². The number of halogens is 1. The molecule has 26 heavy (non-hydrogen) atoms. The van der Waals surface area contributed by atoms with Crippen molar-refractivity contribution in [3.8, 4) is 5.75 Å². The van der Waals surface area contributed by atoms with Gasteiger partial charge in [0, 0.05) is 32.7 Å². The molecule has 0 unspecified atom stereocenters. The van der Waals surface area contributed by atoms with E-state index in [4.69, 9.17) is 4.74 Å². The average molecular weight is 378 g/mol. The number of piperazine rings is 1. The molecule has 0 aromatic heterocycles. The maximum absolute atomic E-state index is 13.3. The third-order valence-electron chi connectivity index (χ3n) is 4.46. The van der Waals surface area contributed by atoms with Gasteiger partial charge in [0.2, 0.25) is 10.0 Å². The molecule has 0 aliphatic carbocycles. The second-order valence-corrected chi connectivity index (χ2v) is 8.30. The first kappa shape index (κ1) is 18.8. The molecule has 2 aromatic rings. The van der Waals surface area contributed by atoms with E-state index in [2.05, 4.69) is 4.90 Å². The first-order chi connectivity index (χ1) is 12.4. The van der Waals surface area contributed by atoms with E-state index in [0.717, 1.165) is 18.4 Å². The van der Waals surface area contributed by atoms with E-state index < -0.39 is 15.8 Å². The monoisotopic (exact) mass is 378 g/mol. The van der Waals surface area contributed by atoms with Crippen molar-refractivity contribution < 1.29 is 17.5 Å². The van der Waals surface area contributed by atoms with Crippen LogP contribution in [0.15, 0.2) is 53.4 Å². The summed E-state index contributed by atoms with van der Waals surface area (Å²) in [6.45, 7) is 5.37. The van der Waals surface area contributed by atoms with Crippen LogP contribution in [-0.2, 0) is 10.0 Å². The van der Waals surface area contributed by atoms with Gasteiger partial charge in [-0.2, -0.15) is 4.31 Å². The van der Waals surface area contributed by atoms with E-state index >= 15 is 0 Å². The van der Waals surface area contributed by atoms with Gasteiger partial charge in [-0.25, -0.2) is 12.8 Å². The molecule has 0 radical (unpaired) electrons. The molecule has 3 rings (SSSR count). The number of hydrogen-bond donors (Lipinski definition) is 0. The first-order valence-corrected chi connectivity index (χ1v) is 10.1. The Morgan fingerprint density at radius 2 is 1.73 bits per heavy atom. The van der Waals surface area contributed by atoms with Crippen molar-refractivity contribution in [2.75, 3.05) is 39.3 Å². The first-order valence-electron chi connectivity index (χ1n) is 8.63. The lowest BCUT2D eigenvalue weighted by molar-refractivity contribution is 0.159. The molecule has 1 heterocycles. The molecule has 1 aliphatic rings. The predicted octanol–water partition coefficient (Wildman–Crippen LogP) is 2.52. The summed E-state index contributed by atoms with van der Waals surface area (Å²) in [6, 6.07) is 13.1. The number of sulfonamides is 1. The van der Waals surface area contributed by atoms with Crippen LogP contribution in [0.3, 0.4) is 0 Å². The highest BCUT2D eigenvalue weighted by Gasteiger charge is 2.28. The molecule has 0 amide bonds. The molecule has 0 saturated carbocycles. The summed E-state index contributed by atoms with van der Waals surface area (Å²) in [5.74, 6) is 0.292. The van der Waals surface area contributed by atoms with Crippen LogP contribution in [0, 0.1) is 12.7 Å². The van der Waals surface area contributed by atoms with E-state index in [9.17, 15) is 12.8 Å². The Hall–Kier alpha value is -1.96. The lowest BCUT2D eigenvalue weighted by atomic mass is 10.2. The van der Waals surface area contributed by atoms with Crippen LogP contribution in [0.5, 0.6) is 5.75 Å². The highest BCUT2D eigenvalue weighted by molar-refractivity contribution is 7.89. The molecule has 0 N–H and O–H groups in total. The van der Waals surface area contributed by atoms with Crippen LogP contribution in [0.1, 0.15) is 5.56 Å². The minimum absolute atomic E-state index is 0.00801. The second-order valence-electron chi connectivity index (χ2n) is 6.36. The zero-order valence-corrected chi connectivity index (χ0v) is 15.6. The van der Waals surface area contributed by atoms with Crippen LogP contribution >= 0.6 is 0 Å². The fraction of sp³-hybridized carbons (Fsp3) is 0.368. The van der Waals surface area contributed by atoms with Crippen molar-refractivity contribution in [3.05, 3.63) is 59.9 Å². The highest BCUT2D eigenvalue weighted by atomic mass is 32.2. The van der Waals surface area contributed by atoms with Crippen LogP contribution in [0.2, 0.25) is 0 Å². The molecular weight excluding hydrogens is 355 g/mol. The van der Waals surface area contributed by atoms with Crippen LogP contribution in [0.25, 0.3) is 0 Å². The molecule has 5 nitrogen and oxygen atoms in total. The Morgan fingerprint density at radius 3 is 2.38 bits per heavy atom. The number of nitrogens with zero attached hydrogens (tertiary/aromatic N) is 2. The SMILES string of the molecule is Cc1ccc(OCCN2CCN(S(=O)(=O)c3cccc(F)c3)CC2)cc1. The lowest BCUT2D eigenvalue weighted by Crippen LogP contribution is -2.49. The summed E-state index contributed by atoms with van der Waals surface area (Å²) in [7, 11) is -3.64. The number of hydrogen-bond acceptors (Lipinski definition) is 4. The van der Waals surface area contributed by atoms with Gasteiger partial charge in [0.05, 0.1) is 4.90 Å². The average Bonchev–Trinajstić information content (AvgIpc) is 2.64. The second kappa shape index (κ2) is 8.16. The normalized spacial score (nSPS) is 16.5. The number of benzene rings is 2. The van der Waals surface area contributed by atoms with Gasteiger partial charge in [0.1, 0.15) is 18.2 Å². The third kappa shape index (κ3) is 4.60. The van der Waals surface area contributed by atoms with Crippen LogP contribution in [0.4, 0.5) is 4.39 Å². The smallest absolute Gasteiger partial charge is 0.243 e. The van der Waals surface area contributed by atoms with Crippen molar-refractivity contribution in [2.45, 2.75) is 11.8 Å². The van der Waals surface area contributed by atoms with Crippen molar-refractivity contribution >= 4 is 10.0 Å². The Bertz CT molecular complexity index is 832. The van der Waals surface area contributed by atoms with Crippen molar-refractivity contribution in [1.29, 1.82) is 0 Å². The molecule has 1 fully saturated rings. The van der Waals surface area contributed by atoms with E-state index in [-0.39, 0.29) is 4.90 Å². The molecule has 0 bridgehead atoms. The summed E-state index contributed by atoms with van der Waals surface area (Å²) in [4.78, 5) is 2.18. The topological polar surface area (TPSA) is 49.9 Å². The molecule has 0 atom stereocenters. The molecule has 2 aromatic carbocycles. The third-order valence-corrected chi connectivity index (χ3v) is 6.36. The van der Waals surface area contributed by atoms with Gasteiger partial charge in [-0.15, -0.1) is 0 Å². The maximum atomic E-state index is 13.3. The van der Waals surface area contributed by atoms with Gasteiger partial charge < -0.3 is 4.74 Å². The van der Waals surface area contributed by atoms with Crippen LogP contribution < -0.4 is 4.74 Å². The fourth-order valence-corrected chi connectivity index (χ4v) is 4.35. The van der Waals surface area contributed by atoms with E-state index in [1.807, 2.05) is 31.2 Å². The molecule has 140 valence electrons. The number of ether oxygens (including phenoxy) is 1. The van der Waals surface area contributed by atoms with Gasteiger partial charge in [0.25, 0.3) is 0 Å². The van der Waals surface area contributed by atoms with Crippen molar-refractivity contribution in [1.82, 2.24) is 9.21 Å². The molecule has 7 heteroatoms. The summed E-state index contributed by atoms with van der Waals surface area (Å²) in [5, 5.41) is 0. The quantitative estimate of drug-likeness (QED) is 0.775. The number of rotatable bonds is 6. The zero-order chi connectivity index (χ0) is 18.6. The van der Waals surface area contributed by atoms with E-state index in [1.54, 1.807) is 0 Å².